The summed E-state index contributed by atoms with van der Waals surface area (Å²) in [5, 5.41) is 2.79. The van der Waals surface area contributed by atoms with Gasteiger partial charge in [0.05, 0.1) is 13.0 Å². The molecule has 6 nitrogen and oxygen atoms in total. The van der Waals surface area contributed by atoms with E-state index < -0.39 is 0 Å². The average Bonchev–Trinajstić information content (AvgIpc) is 2.98. The molecule has 1 unspecified atom stereocenters. The van der Waals surface area contributed by atoms with Gasteiger partial charge in [-0.1, -0.05) is 18.2 Å². The van der Waals surface area contributed by atoms with E-state index in [0.717, 1.165) is 16.9 Å². The van der Waals surface area contributed by atoms with Gasteiger partial charge in [0.1, 0.15) is 11.6 Å². The highest BCUT2D eigenvalue weighted by molar-refractivity contribution is 5.96. The van der Waals surface area contributed by atoms with Crippen LogP contribution in [0.4, 0.5) is 5.82 Å². The van der Waals surface area contributed by atoms with Crippen LogP contribution in [0.15, 0.2) is 42.6 Å². The minimum atomic E-state index is -0.353. The van der Waals surface area contributed by atoms with Gasteiger partial charge in [-0.3, -0.25) is 9.59 Å². The van der Waals surface area contributed by atoms with Crippen molar-refractivity contribution in [1.82, 2.24) is 9.88 Å². The number of aryl methyl sites for hydroxylation is 1. The maximum Gasteiger partial charge on any atom is 0.230 e. The number of hydrogen-bond donors (Lipinski definition) is 1. The molecule has 1 fully saturated rings. The van der Waals surface area contributed by atoms with E-state index in [-0.39, 0.29) is 24.2 Å². The lowest BCUT2D eigenvalue weighted by molar-refractivity contribution is -0.128. The highest BCUT2D eigenvalue weighted by Gasteiger charge is 2.34. The molecule has 6 heteroatoms. The third-order valence-electron chi connectivity index (χ3n) is 4.28. The fourth-order valence-electron chi connectivity index (χ4n) is 2.82. The summed E-state index contributed by atoms with van der Waals surface area (Å²) in [5.41, 5.74) is 2.04. The molecule has 130 valence electrons. The highest BCUT2D eigenvalue weighted by Crippen LogP contribution is 2.22. The molecule has 1 aliphatic rings. The third kappa shape index (κ3) is 4.15. The van der Waals surface area contributed by atoms with E-state index in [0.29, 0.717) is 18.9 Å². The molecule has 0 radical (unpaired) electrons. The van der Waals surface area contributed by atoms with Crippen LogP contribution < -0.4 is 10.1 Å². The molecular formula is C19H21N3O3. The van der Waals surface area contributed by atoms with Crippen molar-refractivity contribution in [2.75, 3.05) is 19.0 Å². The lowest BCUT2D eigenvalue weighted by Crippen LogP contribution is -2.28. The third-order valence-corrected chi connectivity index (χ3v) is 4.28. The number of hydrogen-bond acceptors (Lipinski definition) is 4. The molecule has 1 saturated heterocycles. The molecule has 1 aliphatic heterocycles. The number of carbonyl (C=O) groups excluding carboxylic acids is 2. The molecule has 0 saturated carbocycles. The summed E-state index contributed by atoms with van der Waals surface area (Å²) >= 11 is 0. The van der Waals surface area contributed by atoms with E-state index >= 15 is 0 Å². The smallest absolute Gasteiger partial charge is 0.230 e. The first-order valence-electron chi connectivity index (χ1n) is 8.19. The van der Waals surface area contributed by atoms with E-state index in [9.17, 15) is 9.59 Å². The van der Waals surface area contributed by atoms with Crippen LogP contribution in [0.2, 0.25) is 0 Å². The maximum absolute atomic E-state index is 12.4. The van der Waals surface area contributed by atoms with Crippen molar-refractivity contribution in [2.24, 2.45) is 5.92 Å². The summed E-state index contributed by atoms with van der Waals surface area (Å²) in [4.78, 5) is 30.5. The van der Waals surface area contributed by atoms with Gasteiger partial charge >= 0.3 is 0 Å². The zero-order valence-electron chi connectivity index (χ0n) is 14.4. The number of likely N-dealkylation sites (tertiary alicyclic amines) is 1. The predicted octanol–water partition coefficient (Wildman–Crippen LogP) is 2.39. The second kappa shape index (κ2) is 7.34. The quantitative estimate of drug-likeness (QED) is 0.908. The van der Waals surface area contributed by atoms with E-state index in [1.54, 1.807) is 24.3 Å². The van der Waals surface area contributed by atoms with Gasteiger partial charge in [-0.25, -0.2) is 4.98 Å². The Hall–Kier alpha value is -2.89. The summed E-state index contributed by atoms with van der Waals surface area (Å²) < 4.78 is 5.13. The van der Waals surface area contributed by atoms with E-state index in [2.05, 4.69) is 10.3 Å². The molecule has 2 amide bonds. The number of nitrogens with zero attached hydrogens (tertiary/aromatic N) is 2. The number of aromatic nitrogens is 1. The van der Waals surface area contributed by atoms with Crippen LogP contribution in [0.1, 0.15) is 17.5 Å². The fourth-order valence-corrected chi connectivity index (χ4v) is 2.82. The fraction of sp³-hybridized carbons (Fsp3) is 0.316. The van der Waals surface area contributed by atoms with Crippen molar-refractivity contribution in [3.8, 4) is 5.75 Å². The van der Waals surface area contributed by atoms with Crippen molar-refractivity contribution < 1.29 is 14.3 Å². The number of methoxy groups -OCH3 is 1. The predicted molar refractivity (Wildman–Crippen MR) is 94.1 cm³/mol. The molecule has 2 aromatic rings. The molecule has 25 heavy (non-hydrogen) atoms. The lowest BCUT2D eigenvalue weighted by atomic mass is 10.1. The molecule has 1 N–H and O–H groups in total. The Morgan fingerprint density at radius 2 is 2.04 bits per heavy atom. The van der Waals surface area contributed by atoms with Crippen molar-refractivity contribution in [3.05, 3.63) is 53.7 Å². The molecule has 3 rings (SSSR count). The molecule has 1 aromatic heterocycles. The summed E-state index contributed by atoms with van der Waals surface area (Å²) in [6.07, 6.45) is 1.93. The molecule has 0 bridgehead atoms. The number of amides is 2. The van der Waals surface area contributed by atoms with Crippen molar-refractivity contribution in [2.45, 2.75) is 19.9 Å². The summed E-state index contributed by atoms with van der Waals surface area (Å²) in [6.45, 7) is 2.85. The minimum absolute atomic E-state index is 0.00664. The number of pyridine rings is 1. The van der Waals surface area contributed by atoms with Gasteiger partial charge in [-0.15, -0.1) is 0 Å². The van der Waals surface area contributed by atoms with Gasteiger partial charge in [0.15, 0.2) is 0 Å². The standard InChI is InChI=1S/C19H21N3O3/c1-13-3-8-17(20-10-13)21-19(24)15-9-18(23)22(12-15)11-14-4-6-16(25-2)7-5-14/h3-8,10,15H,9,11-12H2,1-2H3,(H,20,21,24). The normalized spacial score (nSPS) is 16.8. The van der Waals surface area contributed by atoms with Crippen molar-refractivity contribution >= 4 is 17.6 Å². The number of carbonyl (C=O) groups is 2. The van der Waals surface area contributed by atoms with Gasteiger partial charge in [0, 0.05) is 25.7 Å². The molecule has 1 aromatic carbocycles. The molecule has 0 spiro atoms. The largest absolute Gasteiger partial charge is 0.497 e. The maximum atomic E-state index is 12.4. The molecule has 1 atom stereocenters. The Labute approximate surface area is 146 Å². The first-order valence-corrected chi connectivity index (χ1v) is 8.19. The molecule has 0 aliphatic carbocycles. The summed E-state index contributed by atoms with van der Waals surface area (Å²) in [7, 11) is 1.62. The van der Waals surface area contributed by atoms with Crippen LogP contribution in [0.3, 0.4) is 0 Å². The van der Waals surface area contributed by atoms with Crippen LogP contribution in [0.5, 0.6) is 5.75 Å². The van der Waals surface area contributed by atoms with Crippen LogP contribution >= 0.6 is 0 Å². The van der Waals surface area contributed by atoms with Crippen LogP contribution in [0, 0.1) is 12.8 Å². The van der Waals surface area contributed by atoms with Gasteiger partial charge in [0.2, 0.25) is 11.8 Å². The van der Waals surface area contributed by atoms with E-state index in [4.69, 9.17) is 4.74 Å². The van der Waals surface area contributed by atoms with Gasteiger partial charge in [0.25, 0.3) is 0 Å². The summed E-state index contributed by atoms with van der Waals surface area (Å²) in [6, 6.07) is 11.2. The zero-order chi connectivity index (χ0) is 17.8. The number of ether oxygens (including phenoxy) is 1. The first kappa shape index (κ1) is 17.0. The Bertz CT molecular complexity index is 756. The number of anilines is 1. The average molecular weight is 339 g/mol. The van der Waals surface area contributed by atoms with Crippen molar-refractivity contribution in [3.63, 3.8) is 0 Å². The Kier molecular flexibility index (Phi) is 4.97. The number of nitrogens with one attached hydrogen (secondary N) is 1. The van der Waals surface area contributed by atoms with Gasteiger partial charge in [-0.05, 0) is 36.2 Å². The minimum Gasteiger partial charge on any atom is -0.497 e. The van der Waals surface area contributed by atoms with Crippen molar-refractivity contribution in [1.29, 1.82) is 0 Å². The lowest BCUT2D eigenvalue weighted by Gasteiger charge is -2.17. The second-order valence-corrected chi connectivity index (χ2v) is 6.23. The van der Waals surface area contributed by atoms with Crippen LogP contribution in [0.25, 0.3) is 0 Å². The zero-order valence-corrected chi connectivity index (χ0v) is 14.4. The van der Waals surface area contributed by atoms with E-state index in [1.807, 2.05) is 37.3 Å². The molecular weight excluding hydrogens is 318 g/mol. The number of benzene rings is 1. The van der Waals surface area contributed by atoms with Gasteiger partial charge in [-0.2, -0.15) is 0 Å². The summed E-state index contributed by atoms with van der Waals surface area (Å²) in [5.74, 6) is 0.764. The van der Waals surface area contributed by atoms with E-state index in [1.165, 1.54) is 0 Å². The first-order chi connectivity index (χ1) is 12.0. The van der Waals surface area contributed by atoms with Gasteiger partial charge < -0.3 is 15.0 Å². The Morgan fingerprint density at radius 1 is 1.28 bits per heavy atom. The van der Waals surface area contributed by atoms with Crippen LogP contribution in [-0.2, 0) is 16.1 Å². The number of rotatable bonds is 5. The highest BCUT2D eigenvalue weighted by atomic mass is 16.5. The Balaban J connectivity index is 1.59. The molecule has 2 heterocycles. The second-order valence-electron chi connectivity index (χ2n) is 6.23. The monoisotopic (exact) mass is 339 g/mol. The topological polar surface area (TPSA) is 71.5 Å². The Morgan fingerprint density at radius 3 is 2.68 bits per heavy atom. The SMILES string of the molecule is COc1ccc(CN2CC(C(=O)Nc3ccc(C)cn3)CC2=O)cc1. The van der Waals surface area contributed by atoms with Crippen LogP contribution in [-0.4, -0.2) is 35.4 Å².